The lowest BCUT2D eigenvalue weighted by Crippen LogP contribution is -2.39. The molecule has 0 bridgehead atoms. The Morgan fingerprint density at radius 3 is 2.92 bits per heavy atom. The zero-order valence-electron chi connectivity index (χ0n) is 13.5. The van der Waals surface area contributed by atoms with E-state index >= 15 is 0 Å². The van der Waals surface area contributed by atoms with E-state index < -0.39 is 15.8 Å². The van der Waals surface area contributed by atoms with E-state index in [9.17, 15) is 18.0 Å². The number of hydrogen-bond donors (Lipinski definition) is 1. The summed E-state index contributed by atoms with van der Waals surface area (Å²) in [5.74, 6) is -0.0171. The van der Waals surface area contributed by atoms with Gasteiger partial charge in [0.2, 0.25) is 11.8 Å². The fraction of sp³-hybridized carbons (Fsp3) is 0.714. The predicted molar refractivity (Wildman–Crippen MR) is 84.4 cm³/mol. The maximum absolute atomic E-state index is 12.3. The number of nitrogens with zero attached hydrogens (tertiary/aromatic N) is 4. The van der Waals surface area contributed by atoms with Gasteiger partial charge in [0.15, 0.2) is 15.7 Å². The average molecular weight is 355 g/mol. The number of amides is 2. The van der Waals surface area contributed by atoms with E-state index in [0.717, 1.165) is 0 Å². The molecular formula is C14H21N5O4S. The number of aryl methyl sites for hydroxylation is 1. The first-order chi connectivity index (χ1) is 11.4. The van der Waals surface area contributed by atoms with Gasteiger partial charge in [0.1, 0.15) is 6.33 Å². The third-order valence-electron chi connectivity index (χ3n) is 4.64. The van der Waals surface area contributed by atoms with Crippen LogP contribution < -0.4 is 5.32 Å². The largest absolute Gasteiger partial charge is 0.348 e. The summed E-state index contributed by atoms with van der Waals surface area (Å²) >= 11 is 0. The van der Waals surface area contributed by atoms with E-state index in [0.29, 0.717) is 18.8 Å². The van der Waals surface area contributed by atoms with Crippen molar-refractivity contribution in [2.24, 2.45) is 5.92 Å². The maximum atomic E-state index is 12.3. The molecule has 1 aromatic rings. The monoisotopic (exact) mass is 355 g/mol. The van der Waals surface area contributed by atoms with E-state index in [-0.39, 0.29) is 48.9 Å². The van der Waals surface area contributed by atoms with Crippen molar-refractivity contribution < 1.29 is 18.0 Å². The molecule has 2 fully saturated rings. The molecule has 10 heteroatoms. The summed E-state index contributed by atoms with van der Waals surface area (Å²) in [7, 11) is -3.05. The van der Waals surface area contributed by atoms with Gasteiger partial charge in [-0.3, -0.25) is 9.59 Å². The number of carbonyl (C=O) groups excluding carboxylic acids is 2. The summed E-state index contributed by atoms with van der Waals surface area (Å²) in [5, 5.41) is 10.5. The lowest BCUT2D eigenvalue weighted by molar-refractivity contribution is -0.130. The van der Waals surface area contributed by atoms with Crippen LogP contribution in [0.15, 0.2) is 6.33 Å². The van der Waals surface area contributed by atoms with E-state index in [1.54, 1.807) is 11.2 Å². The maximum Gasteiger partial charge on any atom is 0.225 e. The zero-order valence-corrected chi connectivity index (χ0v) is 14.3. The first-order valence-electron chi connectivity index (χ1n) is 8.04. The second kappa shape index (κ2) is 6.50. The Labute approximate surface area is 140 Å². The van der Waals surface area contributed by atoms with Crippen molar-refractivity contribution in [1.82, 2.24) is 25.0 Å². The second-order valence-electron chi connectivity index (χ2n) is 6.25. The third kappa shape index (κ3) is 3.42. The highest BCUT2D eigenvalue weighted by Gasteiger charge is 2.41. The van der Waals surface area contributed by atoms with Gasteiger partial charge in [-0.2, -0.15) is 0 Å². The Bertz CT molecular complexity index is 744. The van der Waals surface area contributed by atoms with Crippen LogP contribution >= 0.6 is 0 Å². The molecule has 0 spiro atoms. The van der Waals surface area contributed by atoms with E-state index in [1.165, 1.54) is 0 Å². The molecule has 2 aliphatic heterocycles. The molecule has 3 rings (SSSR count). The molecule has 9 nitrogen and oxygen atoms in total. The first-order valence-corrected chi connectivity index (χ1v) is 9.86. The number of hydrogen-bond acceptors (Lipinski definition) is 6. The molecule has 2 amide bonds. The molecule has 0 radical (unpaired) electrons. The van der Waals surface area contributed by atoms with Gasteiger partial charge < -0.3 is 14.8 Å². The Hall–Kier alpha value is -1.97. The number of sulfone groups is 1. The van der Waals surface area contributed by atoms with Crippen molar-refractivity contribution in [3.8, 4) is 0 Å². The summed E-state index contributed by atoms with van der Waals surface area (Å²) in [5.41, 5.74) is 0. The minimum Gasteiger partial charge on any atom is -0.348 e. The van der Waals surface area contributed by atoms with E-state index in [4.69, 9.17) is 0 Å². The molecule has 132 valence electrons. The van der Waals surface area contributed by atoms with Crippen LogP contribution in [0.25, 0.3) is 0 Å². The molecule has 1 aromatic heterocycles. The van der Waals surface area contributed by atoms with Crippen molar-refractivity contribution in [2.45, 2.75) is 38.9 Å². The fourth-order valence-corrected chi connectivity index (χ4v) is 5.00. The van der Waals surface area contributed by atoms with Crippen LogP contribution in [0.4, 0.5) is 0 Å². The number of aromatic nitrogens is 3. The van der Waals surface area contributed by atoms with Crippen molar-refractivity contribution in [3.63, 3.8) is 0 Å². The van der Waals surface area contributed by atoms with Crippen LogP contribution in [0.1, 0.15) is 25.6 Å². The summed E-state index contributed by atoms with van der Waals surface area (Å²) < 4.78 is 25.0. The van der Waals surface area contributed by atoms with E-state index in [2.05, 4.69) is 15.5 Å². The quantitative estimate of drug-likeness (QED) is 0.721. The third-order valence-corrected chi connectivity index (χ3v) is 6.39. The van der Waals surface area contributed by atoms with Crippen LogP contribution in [0.2, 0.25) is 0 Å². The summed E-state index contributed by atoms with van der Waals surface area (Å²) in [6.07, 6.45) is 2.19. The summed E-state index contributed by atoms with van der Waals surface area (Å²) in [6.45, 7) is 3.21. The molecule has 0 saturated carbocycles. The molecule has 0 aromatic carbocycles. The smallest absolute Gasteiger partial charge is 0.225 e. The molecule has 0 unspecified atom stereocenters. The highest BCUT2D eigenvalue weighted by molar-refractivity contribution is 7.91. The summed E-state index contributed by atoms with van der Waals surface area (Å²) in [6, 6.07) is -0.288. The van der Waals surface area contributed by atoms with Gasteiger partial charge in [-0.05, 0) is 13.3 Å². The van der Waals surface area contributed by atoms with Crippen molar-refractivity contribution >= 4 is 21.7 Å². The normalized spacial score (nSPS) is 26.0. The Morgan fingerprint density at radius 1 is 1.46 bits per heavy atom. The average Bonchev–Trinajstić information content (AvgIpc) is 3.22. The van der Waals surface area contributed by atoms with Gasteiger partial charge in [0.25, 0.3) is 0 Å². The van der Waals surface area contributed by atoms with Crippen molar-refractivity contribution in [1.29, 1.82) is 0 Å². The molecular weight excluding hydrogens is 334 g/mol. The van der Waals surface area contributed by atoms with Gasteiger partial charge in [-0.15, -0.1) is 10.2 Å². The summed E-state index contributed by atoms with van der Waals surface area (Å²) in [4.78, 5) is 26.0. The van der Waals surface area contributed by atoms with Gasteiger partial charge in [0.05, 0.1) is 24.0 Å². The molecule has 24 heavy (non-hydrogen) atoms. The topological polar surface area (TPSA) is 114 Å². The van der Waals surface area contributed by atoms with Gasteiger partial charge >= 0.3 is 0 Å². The molecule has 2 aliphatic rings. The van der Waals surface area contributed by atoms with Gasteiger partial charge in [0, 0.05) is 25.6 Å². The number of nitrogens with one attached hydrogen (secondary N) is 1. The molecule has 1 N–H and O–H groups in total. The molecule has 2 atom stereocenters. The lowest BCUT2D eigenvalue weighted by atomic mass is 10.1. The Balaban J connectivity index is 1.56. The first kappa shape index (κ1) is 16.9. The second-order valence-corrected chi connectivity index (χ2v) is 8.48. The SMILES string of the molecule is CCn1cnnc1CNC(=O)[C@@H]1CC(=O)N([C@@H]2CCS(=O)(=O)C2)C1. The van der Waals surface area contributed by atoms with Gasteiger partial charge in [-0.1, -0.05) is 0 Å². The van der Waals surface area contributed by atoms with Crippen LogP contribution in [0, 0.1) is 5.92 Å². The zero-order chi connectivity index (χ0) is 17.3. The number of likely N-dealkylation sites (tertiary alicyclic amines) is 1. The Morgan fingerprint density at radius 2 is 2.25 bits per heavy atom. The lowest BCUT2D eigenvalue weighted by Gasteiger charge is -2.22. The fourth-order valence-electron chi connectivity index (χ4n) is 3.27. The standard InChI is InChI=1S/C14H21N5O4S/c1-2-18-9-16-17-12(18)6-15-14(21)10-5-13(20)19(7-10)11-3-4-24(22,23)8-11/h9-11H,2-8H2,1H3,(H,15,21)/t10-,11-/m1/s1. The van der Waals surface area contributed by atoms with Crippen molar-refractivity contribution in [3.05, 3.63) is 12.2 Å². The molecule has 0 aliphatic carbocycles. The van der Waals surface area contributed by atoms with Gasteiger partial charge in [-0.25, -0.2) is 8.42 Å². The highest BCUT2D eigenvalue weighted by atomic mass is 32.2. The van der Waals surface area contributed by atoms with Crippen LogP contribution in [0.5, 0.6) is 0 Å². The number of carbonyl (C=O) groups is 2. The molecule has 3 heterocycles. The minimum absolute atomic E-state index is 0.00663. The van der Waals surface area contributed by atoms with Crippen LogP contribution in [-0.2, 0) is 32.5 Å². The number of rotatable bonds is 5. The van der Waals surface area contributed by atoms with Crippen molar-refractivity contribution in [2.75, 3.05) is 18.1 Å². The van der Waals surface area contributed by atoms with Crippen LogP contribution in [0.3, 0.4) is 0 Å². The minimum atomic E-state index is -3.05. The molecule has 2 saturated heterocycles. The van der Waals surface area contributed by atoms with Crippen LogP contribution in [-0.4, -0.2) is 64.0 Å². The van der Waals surface area contributed by atoms with E-state index in [1.807, 2.05) is 11.5 Å². The predicted octanol–water partition coefficient (Wildman–Crippen LogP) is -1.05. The highest BCUT2D eigenvalue weighted by Crippen LogP contribution is 2.26. The Kier molecular flexibility index (Phi) is 4.57.